The van der Waals surface area contributed by atoms with Crippen LogP contribution in [0.1, 0.15) is 67.8 Å². The predicted molar refractivity (Wildman–Crippen MR) is 222 cm³/mol. The fourth-order valence-corrected chi connectivity index (χ4v) is 9.16. The molecule has 2 nitrogen and oxygen atoms in total. The highest BCUT2D eigenvalue weighted by molar-refractivity contribution is 6.07. The minimum absolute atomic E-state index is 0.196. The molecule has 12 rings (SSSR count). The molecular weight excluding hydrogens is 655 g/mol. The van der Waals surface area contributed by atoms with Gasteiger partial charge in [0.1, 0.15) is 11.2 Å². The van der Waals surface area contributed by atoms with Crippen LogP contribution < -0.4 is 4.90 Å². The van der Waals surface area contributed by atoms with Crippen molar-refractivity contribution < 1.29 is 25.0 Å². The van der Waals surface area contributed by atoms with Crippen LogP contribution in [0.5, 0.6) is 0 Å². The monoisotopic (exact) mass is 704 g/mol. The lowest BCUT2D eigenvalue weighted by molar-refractivity contribution is 0.660. The van der Waals surface area contributed by atoms with E-state index in [1.807, 2.05) is 60.7 Å². The first-order valence-electron chi connectivity index (χ1n) is 25.2. The molecular formula is C52H35NO. The van der Waals surface area contributed by atoms with Crippen molar-refractivity contribution in [1.29, 1.82) is 0 Å². The van der Waals surface area contributed by atoms with E-state index in [9.17, 15) is 12.3 Å². The standard InChI is InChI=1S/C52H35NO/c1-51(2)43-18-8-3-13-35(43)39-26-23-33(30-47(39)51)53(32-25-28-50-42(29-32)41-17-7-12-22-49(41)54-50)34-24-27-40-38-16-6-11-21-46(38)52(48(40)31-34)44-19-9-4-14-36(44)37-15-5-10-20-45(37)52/h3-31H,1-2H3/i4D,5D,6D,9D,10D,11D,14D,15D,16D,19D,20D,21D,24D,27D,31D. The van der Waals surface area contributed by atoms with Crippen molar-refractivity contribution in [2.75, 3.05) is 4.90 Å². The molecule has 0 fully saturated rings. The fourth-order valence-electron chi connectivity index (χ4n) is 9.16. The van der Waals surface area contributed by atoms with Gasteiger partial charge >= 0.3 is 0 Å². The van der Waals surface area contributed by atoms with Crippen LogP contribution in [0, 0.1) is 0 Å². The van der Waals surface area contributed by atoms with E-state index < -0.39 is 101 Å². The topological polar surface area (TPSA) is 16.4 Å². The van der Waals surface area contributed by atoms with Gasteiger partial charge in [-0.15, -0.1) is 0 Å². The number of anilines is 3. The molecule has 54 heavy (non-hydrogen) atoms. The summed E-state index contributed by atoms with van der Waals surface area (Å²) in [7, 11) is 0. The first-order valence-corrected chi connectivity index (χ1v) is 17.7. The van der Waals surface area contributed by atoms with Crippen molar-refractivity contribution in [3.8, 4) is 33.4 Å². The fraction of sp³-hybridized carbons (Fsp3) is 0.0769. The van der Waals surface area contributed by atoms with E-state index in [1.165, 1.54) is 0 Å². The summed E-state index contributed by atoms with van der Waals surface area (Å²) in [5, 5.41) is 1.48. The van der Waals surface area contributed by atoms with Crippen LogP contribution in [0.3, 0.4) is 0 Å². The van der Waals surface area contributed by atoms with Gasteiger partial charge < -0.3 is 9.32 Å². The molecule has 0 saturated heterocycles. The van der Waals surface area contributed by atoms with Gasteiger partial charge in [-0.25, -0.2) is 0 Å². The van der Waals surface area contributed by atoms with Gasteiger partial charge in [-0.2, -0.15) is 0 Å². The maximum Gasteiger partial charge on any atom is 0.135 e. The quantitative estimate of drug-likeness (QED) is 0.182. The van der Waals surface area contributed by atoms with Gasteiger partial charge in [0.15, 0.2) is 0 Å². The number of furan rings is 1. The van der Waals surface area contributed by atoms with Gasteiger partial charge in [0.2, 0.25) is 0 Å². The van der Waals surface area contributed by atoms with Crippen molar-refractivity contribution in [3.63, 3.8) is 0 Å². The molecule has 0 N–H and O–H groups in total. The molecule has 3 aliphatic carbocycles. The Bertz CT molecular complexity index is 3810. The smallest absolute Gasteiger partial charge is 0.135 e. The lowest BCUT2D eigenvalue weighted by Crippen LogP contribution is -2.26. The lowest BCUT2D eigenvalue weighted by atomic mass is 9.70. The van der Waals surface area contributed by atoms with Crippen LogP contribution in [0.2, 0.25) is 0 Å². The zero-order valence-corrected chi connectivity index (χ0v) is 28.9. The summed E-state index contributed by atoms with van der Waals surface area (Å²) < 4.78 is 147. The predicted octanol–water partition coefficient (Wildman–Crippen LogP) is 13.7. The Labute approximate surface area is 335 Å². The summed E-state index contributed by atoms with van der Waals surface area (Å²) >= 11 is 0. The number of hydrogen-bond donors (Lipinski definition) is 0. The molecule has 1 heterocycles. The molecule has 3 aliphatic rings. The molecule has 0 atom stereocenters. The van der Waals surface area contributed by atoms with Gasteiger partial charge in [-0.05, 0) is 115 Å². The number of rotatable bonds is 3. The Hall–Kier alpha value is -6.64. The third-order valence-corrected chi connectivity index (χ3v) is 11.5. The molecule has 8 aromatic carbocycles. The summed E-state index contributed by atoms with van der Waals surface area (Å²) in [5.41, 5.74) is 0.298. The van der Waals surface area contributed by atoms with E-state index in [-0.39, 0.29) is 50.2 Å². The Morgan fingerprint density at radius 1 is 0.444 bits per heavy atom. The van der Waals surface area contributed by atoms with E-state index in [0.29, 0.717) is 27.9 Å². The number of para-hydroxylation sites is 1. The number of fused-ring (bicyclic) bond motifs is 16. The summed E-state index contributed by atoms with van der Waals surface area (Å²) in [6.45, 7) is 4.21. The first-order chi connectivity index (χ1) is 32.8. The number of benzene rings is 8. The number of hydrogen-bond acceptors (Lipinski definition) is 2. The lowest BCUT2D eigenvalue weighted by Gasteiger charge is -2.32. The van der Waals surface area contributed by atoms with Crippen LogP contribution in [0.4, 0.5) is 17.1 Å². The largest absolute Gasteiger partial charge is 0.456 e. The highest BCUT2D eigenvalue weighted by atomic mass is 16.3. The van der Waals surface area contributed by atoms with Gasteiger partial charge in [0.25, 0.3) is 0 Å². The Morgan fingerprint density at radius 3 is 1.76 bits per heavy atom. The first kappa shape index (κ1) is 18.9. The number of nitrogens with zero attached hydrogens (tertiary/aromatic N) is 1. The van der Waals surface area contributed by atoms with Crippen molar-refractivity contribution in [2.24, 2.45) is 0 Å². The minimum atomic E-state index is -2.48. The Morgan fingerprint density at radius 2 is 1.02 bits per heavy atom. The van der Waals surface area contributed by atoms with Crippen LogP contribution >= 0.6 is 0 Å². The average molecular weight is 705 g/mol. The molecule has 0 saturated carbocycles. The normalized spacial score (nSPS) is 18.7. The third kappa shape index (κ3) is 3.70. The van der Waals surface area contributed by atoms with Crippen LogP contribution in [-0.2, 0) is 10.8 Å². The van der Waals surface area contributed by atoms with Gasteiger partial charge in [-0.1, -0.05) is 141 Å². The second-order valence-corrected chi connectivity index (χ2v) is 14.5. The van der Waals surface area contributed by atoms with E-state index in [1.54, 1.807) is 17.0 Å². The van der Waals surface area contributed by atoms with Gasteiger partial charge in [0.05, 0.1) is 26.0 Å². The zero-order valence-electron chi connectivity index (χ0n) is 43.9. The van der Waals surface area contributed by atoms with E-state index in [2.05, 4.69) is 26.0 Å². The maximum atomic E-state index is 10.7. The molecule has 0 unspecified atom stereocenters. The molecule has 0 aliphatic heterocycles. The van der Waals surface area contributed by atoms with Crippen molar-refractivity contribution in [2.45, 2.75) is 24.7 Å². The van der Waals surface area contributed by atoms with Crippen LogP contribution in [0.25, 0.3) is 55.3 Å². The van der Waals surface area contributed by atoms with Crippen molar-refractivity contribution in [3.05, 3.63) is 209 Å². The van der Waals surface area contributed by atoms with Gasteiger partial charge in [0, 0.05) is 33.2 Å². The van der Waals surface area contributed by atoms with Crippen molar-refractivity contribution in [1.82, 2.24) is 0 Å². The summed E-state index contributed by atoms with van der Waals surface area (Å²) in [4.78, 5) is 1.66. The maximum absolute atomic E-state index is 10.7. The molecule has 2 heteroatoms. The van der Waals surface area contributed by atoms with Crippen LogP contribution in [-0.4, -0.2) is 0 Å². The molecule has 254 valence electrons. The Balaban J connectivity index is 1.28. The third-order valence-electron chi connectivity index (χ3n) is 11.5. The zero-order chi connectivity index (χ0) is 48.8. The van der Waals surface area contributed by atoms with Crippen molar-refractivity contribution >= 4 is 39.0 Å². The van der Waals surface area contributed by atoms with E-state index in [0.717, 1.165) is 27.6 Å². The van der Waals surface area contributed by atoms with E-state index >= 15 is 0 Å². The highest BCUT2D eigenvalue weighted by Gasteiger charge is 2.51. The SMILES string of the molecule is [2H]c1c([2H])c([2H])c2c(c1[2H])-c1c([2H])c([2H])c([2H])c([2H])c1C21c2c([2H])c([2H])c([2H])c([2H])c2-c2c([2H])c([2H])c(N(c3ccc4c(c3)C(C)(C)c3ccccc3-4)c3ccc4oc5ccccc5c4c3)c([2H])c21. The summed E-state index contributed by atoms with van der Waals surface area (Å²) in [5.74, 6) is 0. The van der Waals surface area contributed by atoms with Gasteiger partial charge in [-0.3, -0.25) is 0 Å². The molecule has 1 aromatic heterocycles. The van der Waals surface area contributed by atoms with E-state index in [4.69, 9.17) is 12.6 Å². The Kier molecular flexibility index (Phi) is 3.67. The molecule has 0 amide bonds. The van der Waals surface area contributed by atoms with Crippen LogP contribution in [0.15, 0.2) is 180 Å². The molecule has 0 radical (unpaired) electrons. The molecule has 1 spiro atoms. The highest BCUT2D eigenvalue weighted by Crippen LogP contribution is 2.63. The second-order valence-electron chi connectivity index (χ2n) is 14.5. The molecule has 0 bridgehead atoms. The second kappa shape index (κ2) is 10.5. The average Bonchev–Trinajstić information content (AvgIpc) is 4.04. The minimum Gasteiger partial charge on any atom is -0.456 e. The molecule has 9 aromatic rings. The summed E-state index contributed by atoms with van der Waals surface area (Å²) in [6, 6.07) is 16.6. The summed E-state index contributed by atoms with van der Waals surface area (Å²) in [6.07, 6.45) is 0.